The van der Waals surface area contributed by atoms with Gasteiger partial charge in [0.2, 0.25) is 17.7 Å². The molecule has 0 aromatic carbocycles. The van der Waals surface area contributed by atoms with Gasteiger partial charge in [-0.1, -0.05) is 12.8 Å². The third-order valence-electron chi connectivity index (χ3n) is 3.37. The van der Waals surface area contributed by atoms with Crippen LogP contribution in [0.15, 0.2) is 6.07 Å². The summed E-state index contributed by atoms with van der Waals surface area (Å²) < 4.78 is 5.51. The van der Waals surface area contributed by atoms with Gasteiger partial charge in [0.15, 0.2) is 0 Å². The summed E-state index contributed by atoms with van der Waals surface area (Å²) in [6.07, 6.45) is 3.31. The van der Waals surface area contributed by atoms with Gasteiger partial charge in [0.05, 0.1) is 6.10 Å². The Morgan fingerprint density at radius 1 is 1.40 bits per heavy atom. The molecule has 0 bridgehead atoms. The van der Waals surface area contributed by atoms with Gasteiger partial charge in [-0.25, -0.2) is 0 Å². The number of hydrogen-bond donors (Lipinski definition) is 3. The van der Waals surface area contributed by atoms with E-state index in [1.165, 1.54) is 0 Å². The molecule has 20 heavy (non-hydrogen) atoms. The molecule has 1 amide bonds. The molecule has 110 valence electrons. The van der Waals surface area contributed by atoms with Crippen LogP contribution in [-0.2, 0) is 4.79 Å². The quantitative estimate of drug-likeness (QED) is 0.742. The van der Waals surface area contributed by atoms with Gasteiger partial charge in [-0.15, -0.1) is 0 Å². The van der Waals surface area contributed by atoms with Gasteiger partial charge in [-0.05, 0) is 26.7 Å². The molecule has 0 spiro atoms. The average Bonchev–Trinajstić information content (AvgIpc) is 2.76. The monoisotopic (exact) mass is 279 g/mol. The van der Waals surface area contributed by atoms with E-state index in [9.17, 15) is 4.79 Å². The van der Waals surface area contributed by atoms with Crippen LogP contribution in [0.4, 0.5) is 11.8 Å². The largest absolute Gasteiger partial charge is 0.475 e. The zero-order chi connectivity index (χ0) is 14.8. The number of amides is 1. The van der Waals surface area contributed by atoms with E-state index in [0.717, 1.165) is 12.8 Å². The number of carbonyl (C=O) groups excluding carboxylic acids is 1. The van der Waals surface area contributed by atoms with Crippen LogP contribution in [0, 0.1) is 0 Å². The maximum atomic E-state index is 11.7. The van der Waals surface area contributed by atoms with Crippen LogP contribution in [0.5, 0.6) is 5.88 Å². The number of nitrogens with zero attached hydrogens (tertiary/aromatic N) is 2. The maximum Gasteiger partial charge on any atom is 0.243 e. The van der Waals surface area contributed by atoms with Crippen LogP contribution in [0.2, 0.25) is 0 Å². The topological polar surface area (TPSA) is 116 Å². The fourth-order valence-electron chi connectivity index (χ4n) is 2.47. The van der Waals surface area contributed by atoms with Crippen molar-refractivity contribution in [3.8, 4) is 5.88 Å². The van der Waals surface area contributed by atoms with Crippen molar-refractivity contribution in [2.45, 2.75) is 51.2 Å². The molecule has 1 aromatic heterocycles. The number of primary amides is 1. The lowest BCUT2D eigenvalue weighted by atomic mass is 9.97. The molecule has 1 heterocycles. The van der Waals surface area contributed by atoms with Crippen LogP contribution in [0.25, 0.3) is 0 Å². The molecular formula is C13H21N5O2. The minimum atomic E-state index is -0.740. The Labute approximate surface area is 118 Å². The van der Waals surface area contributed by atoms with Crippen LogP contribution in [-0.4, -0.2) is 27.5 Å². The van der Waals surface area contributed by atoms with Crippen molar-refractivity contribution in [1.82, 2.24) is 9.97 Å². The normalized spacial score (nSPS) is 17.1. The van der Waals surface area contributed by atoms with E-state index in [2.05, 4.69) is 15.3 Å². The van der Waals surface area contributed by atoms with Crippen molar-refractivity contribution in [3.63, 3.8) is 0 Å². The molecule has 2 rings (SSSR count). The van der Waals surface area contributed by atoms with E-state index in [4.69, 9.17) is 16.2 Å². The van der Waals surface area contributed by atoms with Gasteiger partial charge in [0, 0.05) is 6.07 Å². The molecule has 1 fully saturated rings. The van der Waals surface area contributed by atoms with E-state index in [1.807, 2.05) is 13.8 Å². The van der Waals surface area contributed by atoms with Crippen LogP contribution in [0.1, 0.15) is 39.5 Å². The number of anilines is 2. The molecule has 7 heteroatoms. The fraction of sp³-hybridized carbons (Fsp3) is 0.615. The van der Waals surface area contributed by atoms with E-state index in [0.29, 0.717) is 24.5 Å². The summed E-state index contributed by atoms with van der Waals surface area (Å²) >= 11 is 0. The summed E-state index contributed by atoms with van der Waals surface area (Å²) in [6, 6.07) is 1.64. The SMILES string of the molecule is CC(C)Oc1cc(NC2(C(N)=O)CCCC2)nc(N)n1. The molecule has 0 aliphatic heterocycles. The summed E-state index contributed by atoms with van der Waals surface area (Å²) in [5.41, 5.74) is 10.5. The Morgan fingerprint density at radius 3 is 2.60 bits per heavy atom. The minimum Gasteiger partial charge on any atom is -0.475 e. The summed E-state index contributed by atoms with van der Waals surface area (Å²) in [7, 11) is 0. The number of nitrogens with one attached hydrogen (secondary N) is 1. The Balaban J connectivity index is 2.24. The van der Waals surface area contributed by atoms with Gasteiger partial charge >= 0.3 is 0 Å². The van der Waals surface area contributed by atoms with Crippen molar-refractivity contribution in [3.05, 3.63) is 6.07 Å². The molecular weight excluding hydrogens is 258 g/mol. The van der Waals surface area contributed by atoms with Crippen molar-refractivity contribution < 1.29 is 9.53 Å². The first-order chi connectivity index (χ1) is 9.41. The number of hydrogen-bond acceptors (Lipinski definition) is 6. The number of rotatable bonds is 5. The molecule has 1 saturated carbocycles. The number of carbonyl (C=O) groups is 1. The zero-order valence-corrected chi connectivity index (χ0v) is 11.8. The van der Waals surface area contributed by atoms with Crippen LogP contribution >= 0.6 is 0 Å². The third-order valence-corrected chi connectivity index (χ3v) is 3.37. The first kappa shape index (κ1) is 14.4. The molecule has 0 unspecified atom stereocenters. The molecule has 1 aromatic rings. The summed E-state index contributed by atoms with van der Waals surface area (Å²) in [6.45, 7) is 3.79. The van der Waals surface area contributed by atoms with Crippen molar-refractivity contribution in [1.29, 1.82) is 0 Å². The number of ether oxygens (including phenoxy) is 1. The lowest BCUT2D eigenvalue weighted by molar-refractivity contribution is -0.122. The van der Waals surface area contributed by atoms with E-state index >= 15 is 0 Å². The second-order valence-electron chi connectivity index (χ2n) is 5.39. The summed E-state index contributed by atoms with van der Waals surface area (Å²) in [4.78, 5) is 19.8. The minimum absolute atomic E-state index is 0.0197. The molecule has 5 N–H and O–H groups in total. The van der Waals surface area contributed by atoms with Gasteiger partial charge in [0.1, 0.15) is 11.4 Å². The summed E-state index contributed by atoms with van der Waals surface area (Å²) in [5, 5.41) is 3.12. The Morgan fingerprint density at radius 2 is 2.05 bits per heavy atom. The van der Waals surface area contributed by atoms with Crippen molar-refractivity contribution in [2.24, 2.45) is 5.73 Å². The molecule has 0 saturated heterocycles. The lowest BCUT2D eigenvalue weighted by Crippen LogP contribution is -2.48. The third kappa shape index (κ3) is 3.09. The van der Waals surface area contributed by atoms with Gasteiger partial charge < -0.3 is 21.5 Å². The molecule has 7 nitrogen and oxygen atoms in total. The lowest BCUT2D eigenvalue weighted by Gasteiger charge is -2.27. The standard InChI is InChI=1S/C13H21N5O2/c1-8(2)20-10-7-9(16-12(15)17-10)18-13(11(14)19)5-3-4-6-13/h7-8H,3-6H2,1-2H3,(H2,14,19)(H3,15,16,17,18). The van der Waals surface area contributed by atoms with Crippen LogP contribution < -0.4 is 21.5 Å². The first-order valence-corrected chi connectivity index (χ1v) is 6.80. The molecule has 1 aliphatic rings. The van der Waals surface area contributed by atoms with Gasteiger partial charge in [-0.3, -0.25) is 4.79 Å². The highest BCUT2D eigenvalue weighted by molar-refractivity contribution is 5.88. The average molecular weight is 279 g/mol. The van der Waals surface area contributed by atoms with Crippen LogP contribution in [0.3, 0.4) is 0 Å². The predicted octanol–water partition coefficient (Wildman–Crippen LogP) is 1.06. The van der Waals surface area contributed by atoms with E-state index < -0.39 is 5.54 Å². The second-order valence-corrected chi connectivity index (χ2v) is 5.39. The van der Waals surface area contributed by atoms with Gasteiger partial charge in [-0.2, -0.15) is 9.97 Å². The second kappa shape index (κ2) is 5.52. The highest BCUT2D eigenvalue weighted by Gasteiger charge is 2.39. The zero-order valence-electron chi connectivity index (χ0n) is 11.8. The number of nitrogens with two attached hydrogens (primary N) is 2. The molecule has 1 aliphatic carbocycles. The first-order valence-electron chi connectivity index (χ1n) is 6.80. The van der Waals surface area contributed by atoms with Crippen molar-refractivity contribution in [2.75, 3.05) is 11.1 Å². The van der Waals surface area contributed by atoms with Gasteiger partial charge in [0.25, 0.3) is 0 Å². The Kier molecular flexibility index (Phi) is 3.96. The fourth-order valence-corrected chi connectivity index (χ4v) is 2.47. The number of nitrogen functional groups attached to an aromatic ring is 1. The highest BCUT2D eigenvalue weighted by atomic mass is 16.5. The highest BCUT2D eigenvalue weighted by Crippen LogP contribution is 2.33. The number of aromatic nitrogens is 2. The maximum absolute atomic E-state index is 11.7. The Hall–Kier alpha value is -2.05. The predicted molar refractivity (Wildman–Crippen MR) is 76.2 cm³/mol. The van der Waals surface area contributed by atoms with E-state index in [1.54, 1.807) is 6.07 Å². The molecule has 0 radical (unpaired) electrons. The Bertz CT molecular complexity index is 498. The summed E-state index contributed by atoms with van der Waals surface area (Å²) in [5.74, 6) is 0.586. The van der Waals surface area contributed by atoms with Crippen molar-refractivity contribution >= 4 is 17.7 Å². The smallest absolute Gasteiger partial charge is 0.243 e. The van der Waals surface area contributed by atoms with E-state index in [-0.39, 0.29) is 18.0 Å². The molecule has 0 atom stereocenters.